The Labute approximate surface area is 95.2 Å². The first-order valence-corrected chi connectivity index (χ1v) is 6.11. The normalized spacial score (nSPS) is 10.8. The highest BCUT2D eigenvalue weighted by Crippen LogP contribution is 2.14. The zero-order valence-electron chi connectivity index (χ0n) is 8.96. The summed E-state index contributed by atoms with van der Waals surface area (Å²) in [5.41, 5.74) is 0.959. The summed E-state index contributed by atoms with van der Waals surface area (Å²) in [6.45, 7) is 5.24. The van der Waals surface area contributed by atoms with E-state index in [-0.39, 0.29) is 17.9 Å². The minimum absolute atomic E-state index is 0.0281. The number of sulfonamides is 1. The number of carbonyl (C=O) groups is 1. The number of aryl methyl sites for hydroxylation is 1. The molecule has 0 saturated carbocycles. The molecule has 0 fully saturated rings. The molecule has 0 saturated heterocycles. The van der Waals surface area contributed by atoms with Crippen LogP contribution in [0.1, 0.15) is 5.56 Å². The van der Waals surface area contributed by atoms with Gasteiger partial charge in [-0.05, 0) is 19.1 Å². The fourth-order valence-electron chi connectivity index (χ4n) is 1.17. The SMILES string of the molecule is C=CCN(C=O)S(=O)(=O)c1ccc(C)cc1. The van der Waals surface area contributed by atoms with E-state index in [0.717, 1.165) is 5.56 Å². The van der Waals surface area contributed by atoms with Crippen molar-refractivity contribution < 1.29 is 13.2 Å². The number of carbonyl (C=O) groups excluding carboxylic acids is 1. The summed E-state index contributed by atoms with van der Waals surface area (Å²) in [4.78, 5) is 10.8. The van der Waals surface area contributed by atoms with Gasteiger partial charge in [0.15, 0.2) is 0 Å². The molecule has 0 unspecified atom stereocenters. The predicted octanol–water partition coefficient (Wildman–Crippen LogP) is 1.33. The topological polar surface area (TPSA) is 54.5 Å². The van der Waals surface area contributed by atoms with Gasteiger partial charge in [0.2, 0.25) is 6.41 Å². The molecule has 1 aromatic rings. The Hall–Kier alpha value is -1.62. The zero-order chi connectivity index (χ0) is 12.2. The average Bonchev–Trinajstić information content (AvgIpc) is 2.26. The lowest BCUT2D eigenvalue weighted by Crippen LogP contribution is -2.29. The van der Waals surface area contributed by atoms with Crippen LogP contribution in [0.15, 0.2) is 41.8 Å². The summed E-state index contributed by atoms with van der Waals surface area (Å²) in [5.74, 6) is 0. The molecule has 0 aliphatic heterocycles. The summed E-state index contributed by atoms with van der Waals surface area (Å²) in [5, 5.41) is 0. The summed E-state index contributed by atoms with van der Waals surface area (Å²) < 4.78 is 24.5. The van der Waals surface area contributed by atoms with Gasteiger partial charge >= 0.3 is 0 Å². The quantitative estimate of drug-likeness (QED) is 0.575. The molecular formula is C11H13NO3S. The van der Waals surface area contributed by atoms with Crippen LogP contribution in [0, 0.1) is 6.92 Å². The molecular weight excluding hydrogens is 226 g/mol. The number of amides is 1. The van der Waals surface area contributed by atoms with Crippen molar-refractivity contribution in [2.24, 2.45) is 0 Å². The largest absolute Gasteiger partial charge is 0.278 e. The Morgan fingerprint density at radius 2 is 1.88 bits per heavy atom. The van der Waals surface area contributed by atoms with Crippen molar-refractivity contribution in [3.63, 3.8) is 0 Å². The van der Waals surface area contributed by atoms with E-state index in [0.29, 0.717) is 4.31 Å². The predicted molar refractivity (Wildman–Crippen MR) is 61.3 cm³/mol. The van der Waals surface area contributed by atoms with Crippen molar-refractivity contribution in [1.29, 1.82) is 0 Å². The standard InChI is InChI=1S/C11H13NO3S/c1-3-8-12(9-13)16(14,15)11-6-4-10(2)5-7-11/h3-7,9H,1,8H2,2H3. The van der Waals surface area contributed by atoms with Gasteiger partial charge in [0.05, 0.1) is 11.4 Å². The van der Waals surface area contributed by atoms with Gasteiger partial charge in [-0.1, -0.05) is 23.8 Å². The molecule has 5 heteroatoms. The van der Waals surface area contributed by atoms with Gasteiger partial charge in [0.25, 0.3) is 10.0 Å². The molecule has 1 amide bonds. The van der Waals surface area contributed by atoms with Crippen LogP contribution in [0.4, 0.5) is 0 Å². The number of nitrogens with zero attached hydrogens (tertiary/aromatic N) is 1. The molecule has 0 aliphatic rings. The molecule has 0 aromatic heterocycles. The maximum absolute atomic E-state index is 11.9. The van der Waals surface area contributed by atoms with Crippen molar-refractivity contribution in [3.8, 4) is 0 Å². The first kappa shape index (κ1) is 12.4. The Morgan fingerprint density at radius 3 is 2.31 bits per heavy atom. The molecule has 0 heterocycles. The van der Waals surface area contributed by atoms with E-state index in [1.54, 1.807) is 12.1 Å². The Morgan fingerprint density at radius 1 is 1.31 bits per heavy atom. The molecule has 1 rings (SSSR count). The second-order valence-electron chi connectivity index (χ2n) is 3.28. The molecule has 0 spiro atoms. The molecule has 1 aromatic carbocycles. The van der Waals surface area contributed by atoms with Crippen molar-refractivity contribution in [3.05, 3.63) is 42.5 Å². The Bertz CT molecular complexity index is 476. The molecule has 0 bridgehead atoms. The maximum Gasteiger partial charge on any atom is 0.266 e. The van der Waals surface area contributed by atoms with E-state index < -0.39 is 10.0 Å². The van der Waals surface area contributed by atoms with Crippen LogP contribution in [0.25, 0.3) is 0 Å². The van der Waals surface area contributed by atoms with E-state index in [1.807, 2.05) is 6.92 Å². The van der Waals surface area contributed by atoms with Crippen LogP contribution in [-0.4, -0.2) is 25.7 Å². The summed E-state index contributed by atoms with van der Waals surface area (Å²) in [6, 6.07) is 6.32. The van der Waals surface area contributed by atoms with Crippen LogP contribution in [0.2, 0.25) is 0 Å². The molecule has 0 aliphatic carbocycles. The van der Waals surface area contributed by atoms with Crippen molar-refractivity contribution >= 4 is 16.4 Å². The molecule has 86 valence electrons. The van der Waals surface area contributed by atoms with Gasteiger partial charge < -0.3 is 0 Å². The zero-order valence-corrected chi connectivity index (χ0v) is 9.78. The number of hydrogen-bond acceptors (Lipinski definition) is 3. The fraction of sp³-hybridized carbons (Fsp3) is 0.182. The van der Waals surface area contributed by atoms with Gasteiger partial charge in [-0.2, -0.15) is 0 Å². The van der Waals surface area contributed by atoms with Crippen LogP contribution in [0.5, 0.6) is 0 Å². The number of benzene rings is 1. The number of hydrogen-bond donors (Lipinski definition) is 0. The first-order valence-electron chi connectivity index (χ1n) is 4.67. The van der Waals surface area contributed by atoms with E-state index >= 15 is 0 Å². The lowest BCUT2D eigenvalue weighted by Gasteiger charge is -2.15. The second kappa shape index (κ2) is 4.94. The van der Waals surface area contributed by atoms with Gasteiger partial charge in [-0.15, -0.1) is 6.58 Å². The second-order valence-corrected chi connectivity index (χ2v) is 5.17. The van der Waals surface area contributed by atoms with Gasteiger partial charge in [-0.3, -0.25) is 4.79 Å². The smallest absolute Gasteiger partial charge is 0.266 e. The highest BCUT2D eigenvalue weighted by Gasteiger charge is 2.21. The van der Waals surface area contributed by atoms with Gasteiger partial charge in [0.1, 0.15) is 0 Å². The van der Waals surface area contributed by atoms with E-state index in [1.165, 1.54) is 18.2 Å². The lowest BCUT2D eigenvalue weighted by molar-refractivity contribution is -0.113. The van der Waals surface area contributed by atoms with Gasteiger partial charge in [-0.25, -0.2) is 12.7 Å². The first-order chi connectivity index (χ1) is 7.52. The highest BCUT2D eigenvalue weighted by molar-refractivity contribution is 7.89. The molecule has 0 radical (unpaired) electrons. The third-order valence-corrected chi connectivity index (χ3v) is 3.77. The van der Waals surface area contributed by atoms with E-state index in [2.05, 4.69) is 6.58 Å². The Balaban J connectivity index is 3.14. The van der Waals surface area contributed by atoms with Crippen LogP contribution < -0.4 is 0 Å². The molecule has 0 N–H and O–H groups in total. The van der Waals surface area contributed by atoms with Crippen LogP contribution in [0.3, 0.4) is 0 Å². The molecule has 0 atom stereocenters. The minimum atomic E-state index is -3.74. The van der Waals surface area contributed by atoms with Crippen LogP contribution in [-0.2, 0) is 14.8 Å². The van der Waals surface area contributed by atoms with Crippen LogP contribution >= 0.6 is 0 Å². The average molecular weight is 239 g/mol. The summed E-state index contributed by atoms with van der Waals surface area (Å²) in [7, 11) is -3.74. The Kier molecular flexibility index (Phi) is 3.84. The molecule has 4 nitrogen and oxygen atoms in total. The minimum Gasteiger partial charge on any atom is -0.278 e. The summed E-state index contributed by atoms with van der Waals surface area (Å²) >= 11 is 0. The highest BCUT2D eigenvalue weighted by atomic mass is 32.2. The third kappa shape index (κ3) is 2.49. The van der Waals surface area contributed by atoms with Crippen molar-refractivity contribution in [2.75, 3.05) is 6.54 Å². The summed E-state index contributed by atoms with van der Waals surface area (Å²) in [6.07, 6.45) is 1.65. The van der Waals surface area contributed by atoms with E-state index in [9.17, 15) is 13.2 Å². The lowest BCUT2D eigenvalue weighted by atomic mass is 10.2. The fourth-order valence-corrected chi connectivity index (χ4v) is 2.34. The third-order valence-electron chi connectivity index (χ3n) is 2.05. The van der Waals surface area contributed by atoms with Crippen molar-refractivity contribution in [2.45, 2.75) is 11.8 Å². The maximum atomic E-state index is 11.9. The van der Waals surface area contributed by atoms with E-state index in [4.69, 9.17) is 0 Å². The monoisotopic (exact) mass is 239 g/mol. The van der Waals surface area contributed by atoms with Crippen molar-refractivity contribution in [1.82, 2.24) is 4.31 Å². The molecule has 16 heavy (non-hydrogen) atoms. The number of rotatable bonds is 5. The van der Waals surface area contributed by atoms with Gasteiger partial charge in [0, 0.05) is 0 Å².